The minimum Gasteiger partial charge on any atom is -0.269 e. The zero-order valence-corrected chi connectivity index (χ0v) is 13.9. The fourth-order valence-electron chi connectivity index (χ4n) is 2.59. The Morgan fingerprint density at radius 2 is 1.74 bits per heavy atom. The van der Waals surface area contributed by atoms with Crippen LogP contribution in [0.4, 0.5) is 0 Å². The topological polar surface area (TPSA) is 50.3 Å². The van der Waals surface area contributed by atoms with E-state index in [1.165, 1.54) is 21.1 Å². The molecule has 0 atom stereocenters. The Balaban J connectivity index is 1.59. The van der Waals surface area contributed by atoms with E-state index in [9.17, 15) is 9.59 Å². The van der Waals surface area contributed by atoms with Crippen molar-refractivity contribution in [2.45, 2.75) is 13.5 Å². The number of thiazole rings is 1. The summed E-state index contributed by atoms with van der Waals surface area (Å²) in [5.41, 5.74) is 1.85. The number of nitrogens with zero attached hydrogens (tertiary/aromatic N) is 2. The molecule has 6 heteroatoms. The van der Waals surface area contributed by atoms with Gasteiger partial charge in [0.15, 0.2) is 0 Å². The number of benzene rings is 1. The molecule has 1 aliphatic rings. The highest BCUT2D eigenvalue weighted by Gasteiger charge is 2.35. The average molecular weight is 340 g/mol. The van der Waals surface area contributed by atoms with E-state index in [1.54, 1.807) is 35.6 Å². The summed E-state index contributed by atoms with van der Waals surface area (Å²) in [5, 5.41) is 2.74. The molecule has 0 radical (unpaired) electrons. The molecule has 23 heavy (non-hydrogen) atoms. The third-order valence-electron chi connectivity index (χ3n) is 3.72. The van der Waals surface area contributed by atoms with Crippen LogP contribution in [0.5, 0.6) is 0 Å². The van der Waals surface area contributed by atoms with Gasteiger partial charge in [0.2, 0.25) is 0 Å². The largest absolute Gasteiger partial charge is 0.269 e. The number of aromatic nitrogens is 1. The minimum absolute atomic E-state index is 0.224. The number of rotatable bonds is 3. The molecule has 0 fully saturated rings. The lowest BCUT2D eigenvalue weighted by molar-refractivity contribution is 0.0642. The number of hydrogen-bond acceptors (Lipinski definition) is 5. The lowest BCUT2D eigenvalue weighted by Crippen LogP contribution is -2.29. The van der Waals surface area contributed by atoms with E-state index in [0.717, 1.165) is 15.6 Å². The summed E-state index contributed by atoms with van der Waals surface area (Å²) in [6, 6.07) is 11.0. The van der Waals surface area contributed by atoms with E-state index in [-0.39, 0.29) is 18.4 Å². The molecule has 0 unspecified atom stereocenters. The third-order valence-corrected chi connectivity index (χ3v) is 5.57. The van der Waals surface area contributed by atoms with Crippen LogP contribution in [0.25, 0.3) is 10.6 Å². The number of amides is 2. The molecule has 0 aliphatic carbocycles. The van der Waals surface area contributed by atoms with Crippen LogP contribution < -0.4 is 0 Å². The molecule has 2 amide bonds. The first kappa shape index (κ1) is 14.3. The van der Waals surface area contributed by atoms with Crippen molar-refractivity contribution >= 4 is 34.5 Å². The molecule has 2 aromatic heterocycles. The maximum Gasteiger partial charge on any atom is 0.261 e. The van der Waals surface area contributed by atoms with E-state index in [1.807, 2.05) is 11.4 Å². The van der Waals surface area contributed by atoms with Gasteiger partial charge in [0.25, 0.3) is 11.8 Å². The van der Waals surface area contributed by atoms with E-state index in [0.29, 0.717) is 11.1 Å². The Labute approximate surface area is 141 Å². The number of aryl methyl sites for hydroxylation is 1. The van der Waals surface area contributed by atoms with Crippen LogP contribution in [0.3, 0.4) is 0 Å². The van der Waals surface area contributed by atoms with E-state index in [4.69, 9.17) is 0 Å². The monoisotopic (exact) mass is 340 g/mol. The summed E-state index contributed by atoms with van der Waals surface area (Å²) in [7, 11) is 0. The number of imide groups is 1. The van der Waals surface area contributed by atoms with Gasteiger partial charge in [-0.3, -0.25) is 14.5 Å². The SMILES string of the molecule is Cc1ccc(-c2csc(CN3C(=O)c4ccccc4C3=O)n2)s1. The Hall–Kier alpha value is -2.31. The molecular formula is C17H12N2O2S2. The summed E-state index contributed by atoms with van der Waals surface area (Å²) in [5.74, 6) is -0.483. The normalized spacial score (nSPS) is 13.7. The zero-order valence-electron chi connectivity index (χ0n) is 12.3. The Bertz CT molecular complexity index is 891. The van der Waals surface area contributed by atoms with Gasteiger partial charge < -0.3 is 0 Å². The first-order valence-electron chi connectivity index (χ1n) is 7.10. The average Bonchev–Trinajstić information content (AvgIpc) is 3.24. The highest BCUT2D eigenvalue weighted by atomic mass is 32.1. The van der Waals surface area contributed by atoms with Crippen molar-refractivity contribution in [1.82, 2.24) is 9.88 Å². The molecule has 3 heterocycles. The number of hydrogen-bond donors (Lipinski definition) is 0. The molecule has 4 nitrogen and oxygen atoms in total. The predicted molar refractivity (Wildman–Crippen MR) is 90.8 cm³/mol. The molecular weight excluding hydrogens is 328 g/mol. The second-order valence-electron chi connectivity index (χ2n) is 5.28. The summed E-state index contributed by atoms with van der Waals surface area (Å²) in [6.45, 7) is 2.28. The molecule has 3 aromatic rings. The smallest absolute Gasteiger partial charge is 0.261 e. The molecule has 4 rings (SSSR count). The molecule has 114 valence electrons. The minimum atomic E-state index is -0.241. The molecule has 1 aliphatic heterocycles. The lowest BCUT2D eigenvalue weighted by atomic mass is 10.1. The van der Waals surface area contributed by atoms with E-state index in [2.05, 4.69) is 18.0 Å². The van der Waals surface area contributed by atoms with Crippen LogP contribution in [-0.2, 0) is 6.54 Å². The van der Waals surface area contributed by atoms with Gasteiger partial charge in [-0.25, -0.2) is 4.98 Å². The van der Waals surface area contributed by atoms with Gasteiger partial charge in [0.05, 0.1) is 28.2 Å². The fourth-order valence-corrected chi connectivity index (χ4v) is 4.27. The molecule has 0 saturated carbocycles. The van der Waals surface area contributed by atoms with Crippen LogP contribution in [0.1, 0.15) is 30.6 Å². The van der Waals surface area contributed by atoms with Gasteiger partial charge in [-0.2, -0.15) is 0 Å². The van der Waals surface area contributed by atoms with Gasteiger partial charge in [-0.1, -0.05) is 12.1 Å². The maximum absolute atomic E-state index is 12.4. The van der Waals surface area contributed by atoms with Crippen molar-refractivity contribution in [3.63, 3.8) is 0 Å². The molecule has 0 spiro atoms. The van der Waals surface area contributed by atoms with Crippen molar-refractivity contribution in [2.24, 2.45) is 0 Å². The second kappa shape index (κ2) is 5.40. The van der Waals surface area contributed by atoms with Crippen molar-refractivity contribution in [2.75, 3.05) is 0 Å². The van der Waals surface area contributed by atoms with Crippen molar-refractivity contribution in [3.05, 3.63) is 62.8 Å². The number of carbonyl (C=O) groups is 2. The van der Waals surface area contributed by atoms with Crippen LogP contribution in [0.15, 0.2) is 41.8 Å². The predicted octanol–water partition coefficient (Wildman–Crippen LogP) is 3.98. The van der Waals surface area contributed by atoms with Gasteiger partial charge >= 0.3 is 0 Å². The highest BCUT2D eigenvalue weighted by molar-refractivity contribution is 7.16. The van der Waals surface area contributed by atoms with E-state index < -0.39 is 0 Å². The summed E-state index contributed by atoms with van der Waals surface area (Å²) in [4.78, 5) is 32.9. The Kier molecular flexibility index (Phi) is 3.36. The number of fused-ring (bicyclic) bond motifs is 1. The first-order chi connectivity index (χ1) is 11.1. The van der Waals surface area contributed by atoms with Crippen molar-refractivity contribution in [1.29, 1.82) is 0 Å². The second-order valence-corrected chi connectivity index (χ2v) is 7.51. The standard InChI is InChI=1S/C17H12N2O2S2/c1-10-6-7-14(23-10)13-9-22-15(18-13)8-19-16(20)11-4-2-3-5-12(11)17(19)21/h2-7,9H,8H2,1H3. The summed E-state index contributed by atoms with van der Waals surface area (Å²) < 4.78 is 0. The van der Waals surface area contributed by atoms with Crippen LogP contribution in [-0.4, -0.2) is 21.7 Å². The zero-order chi connectivity index (χ0) is 16.0. The number of carbonyl (C=O) groups excluding carboxylic acids is 2. The highest BCUT2D eigenvalue weighted by Crippen LogP contribution is 2.30. The summed E-state index contributed by atoms with van der Waals surface area (Å²) in [6.07, 6.45) is 0. The molecule has 0 bridgehead atoms. The van der Waals surface area contributed by atoms with Crippen LogP contribution in [0, 0.1) is 6.92 Å². The molecule has 1 aromatic carbocycles. The quantitative estimate of drug-likeness (QED) is 0.678. The Morgan fingerprint density at radius 1 is 1.04 bits per heavy atom. The fraction of sp³-hybridized carbons (Fsp3) is 0.118. The van der Waals surface area contributed by atoms with Crippen molar-refractivity contribution < 1.29 is 9.59 Å². The third kappa shape index (κ3) is 2.40. The summed E-state index contributed by atoms with van der Waals surface area (Å²) >= 11 is 3.16. The van der Waals surface area contributed by atoms with Crippen LogP contribution >= 0.6 is 22.7 Å². The number of thiophene rings is 1. The van der Waals surface area contributed by atoms with Gasteiger partial charge in [-0.15, -0.1) is 22.7 Å². The van der Waals surface area contributed by atoms with Crippen LogP contribution in [0.2, 0.25) is 0 Å². The van der Waals surface area contributed by atoms with Gasteiger partial charge in [0, 0.05) is 10.3 Å². The van der Waals surface area contributed by atoms with Crippen molar-refractivity contribution in [3.8, 4) is 10.6 Å². The maximum atomic E-state index is 12.4. The van der Waals surface area contributed by atoms with Gasteiger partial charge in [0.1, 0.15) is 5.01 Å². The van der Waals surface area contributed by atoms with E-state index >= 15 is 0 Å². The Morgan fingerprint density at radius 3 is 2.35 bits per heavy atom. The lowest BCUT2D eigenvalue weighted by Gasteiger charge is -2.11. The van der Waals surface area contributed by atoms with Gasteiger partial charge in [-0.05, 0) is 31.2 Å². The molecule has 0 N–H and O–H groups in total. The first-order valence-corrected chi connectivity index (χ1v) is 8.79. The molecule has 0 saturated heterocycles.